The second-order valence-electron chi connectivity index (χ2n) is 5.67. The first-order valence-corrected chi connectivity index (χ1v) is 7.38. The Hall–Kier alpha value is -0.760. The van der Waals surface area contributed by atoms with E-state index in [-0.39, 0.29) is 0 Å². The second kappa shape index (κ2) is 6.98. The monoisotopic (exact) mass is 250 g/mol. The van der Waals surface area contributed by atoms with Crippen LogP contribution in [0, 0.1) is 19.8 Å². The van der Waals surface area contributed by atoms with Crippen LogP contribution in [0.1, 0.15) is 57.5 Å². The highest BCUT2D eigenvalue weighted by Crippen LogP contribution is 2.16. The van der Waals surface area contributed by atoms with E-state index in [4.69, 9.17) is 0 Å². The van der Waals surface area contributed by atoms with Gasteiger partial charge in [-0.15, -0.1) is 0 Å². The molecule has 1 aromatic rings. The maximum absolute atomic E-state index is 3.66. The molecule has 0 saturated carbocycles. The lowest BCUT2D eigenvalue weighted by Gasteiger charge is -2.17. The summed E-state index contributed by atoms with van der Waals surface area (Å²) in [5, 5.41) is 3.66. The molecule has 0 aromatic carbocycles. The fourth-order valence-electron chi connectivity index (χ4n) is 2.68. The number of nitrogens with zero attached hydrogens (tertiary/aromatic N) is 1. The molecule has 0 saturated heterocycles. The van der Waals surface area contributed by atoms with Gasteiger partial charge in [0, 0.05) is 30.5 Å². The maximum Gasteiger partial charge on any atom is 0.0225 e. The molecule has 18 heavy (non-hydrogen) atoms. The lowest BCUT2D eigenvalue weighted by molar-refractivity contribution is 0.411. The van der Waals surface area contributed by atoms with Crippen molar-refractivity contribution < 1.29 is 0 Å². The zero-order valence-electron chi connectivity index (χ0n) is 13.0. The van der Waals surface area contributed by atoms with Crippen molar-refractivity contribution in [2.24, 2.45) is 5.92 Å². The molecule has 0 fully saturated rings. The molecule has 1 heterocycles. The van der Waals surface area contributed by atoms with Gasteiger partial charge in [0.05, 0.1) is 0 Å². The zero-order valence-corrected chi connectivity index (χ0v) is 13.0. The van der Waals surface area contributed by atoms with Gasteiger partial charge in [-0.1, -0.05) is 20.3 Å². The van der Waals surface area contributed by atoms with Gasteiger partial charge in [-0.25, -0.2) is 0 Å². The van der Waals surface area contributed by atoms with Gasteiger partial charge in [0.25, 0.3) is 0 Å². The molecule has 2 nitrogen and oxygen atoms in total. The molecule has 2 heteroatoms. The zero-order chi connectivity index (χ0) is 13.7. The van der Waals surface area contributed by atoms with E-state index in [1.165, 1.54) is 29.8 Å². The highest BCUT2D eigenvalue weighted by molar-refractivity contribution is 5.26. The van der Waals surface area contributed by atoms with E-state index >= 15 is 0 Å². The molecule has 0 radical (unpaired) electrons. The van der Waals surface area contributed by atoms with Crippen molar-refractivity contribution in [1.29, 1.82) is 0 Å². The number of aromatic nitrogens is 1. The molecule has 0 aliphatic heterocycles. The van der Waals surface area contributed by atoms with Crippen LogP contribution in [0.3, 0.4) is 0 Å². The molecule has 104 valence electrons. The van der Waals surface area contributed by atoms with E-state index in [9.17, 15) is 0 Å². The maximum atomic E-state index is 3.66. The standard InChI is InChI=1S/C16H30N2/c1-7-12(3)9-13(4)17-11-16-10-14(5)18(8-2)15(16)6/h10,12-13,17H,7-9,11H2,1-6H3. The third-order valence-corrected chi connectivity index (χ3v) is 4.09. The predicted octanol–water partition coefficient (Wildman–Crippen LogP) is 4.04. The van der Waals surface area contributed by atoms with Gasteiger partial charge >= 0.3 is 0 Å². The van der Waals surface area contributed by atoms with Crippen molar-refractivity contribution >= 4 is 0 Å². The van der Waals surface area contributed by atoms with Crippen molar-refractivity contribution in [2.75, 3.05) is 0 Å². The van der Waals surface area contributed by atoms with E-state index in [1.54, 1.807) is 0 Å². The molecule has 0 aliphatic carbocycles. The minimum absolute atomic E-state index is 0.602. The third kappa shape index (κ3) is 3.88. The first kappa shape index (κ1) is 15.3. The first-order chi connectivity index (χ1) is 8.49. The van der Waals surface area contributed by atoms with Crippen LogP contribution in [0.5, 0.6) is 0 Å². The summed E-state index contributed by atoms with van der Waals surface area (Å²) in [4.78, 5) is 0. The van der Waals surface area contributed by atoms with E-state index in [2.05, 4.69) is 57.5 Å². The van der Waals surface area contributed by atoms with Crippen LogP contribution in [-0.2, 0) is 13.1 Å². The Bertz CT molecular complexity index is 365. The van der Waals surface area contributed by atoms with Gasteiger partial charge in [-0.2, -0.15) is 0 Å². The molecule has 0 amide bonds. The van der Waals surface area contributed by atoms with Crippen LogP contribution >= 0.6 is 0 Å². The Morgan fingerprint density at radius 3 is 2.39 bits per heavy atom. The lowest BCUT2D eigenvalue weighted by Crippen LogP contribution is -2.27. The summed E-state index contributed by atoms with van der Waals surface area (Å²) in [7, 11) is 0. The van der Waals surface area contributed by atoms with E-state index in [0.717, 1.165) is 19.0 Å². The summed E-state index contributed by atoms with van der Waals surface area (Å²) < 4.78 is 2.39. The quantitative estimate of drug-likeness (QED) is 0.773. The Balaban J connectivity index is 2.53. The van der Waals surface area contributed by atoms with E-state index < -0.39 is 0 Å². The molecule has 2 atom stereocenters. The average Bonchev–Trinajstić information content (AvgIpc) is 2.61. The predicted molar refractivity (Wildman–Crippen MR) is 80.0 cm³/mol. The first-order valence-electron chi connectivity index (χ1n) is 7.38. The molecule has 0 bridgehead atoms. The molecule has 0 spiro atoms. The van der Waals surface area contributed by atoms with Gasteiger partial charge in [0.2, 0.25) is 0 Å². The van der Waals surface area contributed by atoms with Crippen LogP contribution in [0.25, 0.3) is 0 Å². The Labute approximate surface area is 113 Å². The van der Waals surface area contributed by atoms with Crippen molar-refractivity contribution in [1.82, 2.24) is 9.88 Å². The molecular formula is C16H30N2. The molecular weight excluding hydrogens is 220 g/mol. The summed E-state index contributed by atoms with van der Waals surface area (Å²) in [5.74, 6) is 0.815. The lowest BCUT2D eigenvalue weighted by atomic mass is 10.0. The van der Waals surface area contributed by atoms with E-state index in [1.807, 2.05) is 0 Å². The minimum atomic E-state index is 0.602. The number of hydrogen-bond donors (Lipinski definition) is 1. The van der Waals surface area contributed by atoms with Gasteiger partial charge < -0.3 is 9.88 Å². The highest BCUT2D eigenvalue weighted by atomic mass is 15.0. The summed E-state index contributed by atoms with van der Waals surface area (Å²) in [5.41, 5.74) is 4.24. The summed E-state index contributed by atoms with van der Waals surface area (Å²) in [6.45, 7) is 15.6. The highest BCUT2D eigenvalue weighted by Gasteiger charge is 2.10. The molecule has 0 aliphatic rings. The molecule has 1 rings (SSSR count). The fraction of sp³-hybridized carbons (Fsp3) is 0.750. The SMILES string of the molecule is CCC(C)CC(C)NCc1cc(C)n(CC)c1C. The van der Waals surface area contributed by atoms with Crippen LogP contribution in [0.4, 0.5) is 0 Å². The summed E-state index contributed by atoms with van der Waals surface area (Å²) >= 11 is 0. The Morgan fingerprint density at radius 1 is 1.22 bits per heavy atom. The fourth-order valence-corrected chi connectivity index (χ4v) is 2.68. The second-order valence-corrected chi connectivity index (χ2v) is 5.67. The number of hydrogen-bond acceptors (Lipinski definition) is 1. The minimum Gasteiger partial charge on any atom is -0.349 e. The molecule has 1 N–H and O–H groups in total. The third-order valence-electron chi connectivity index (χ3n) is 4.09. The molecule has 1 aromatic heterocycles. The van der Waals surface area contributed by atoms with Gasteiger partial charge in [0.1, 0.15) is 0 Å². The largest absolute Gasteiger partial charge is 0.349 e. The van der Waals surface area contributed by atoms with Crippen LogP contribution in [0.2, 0.25) is 0 Å². The van der Waals surface area contributed by atoms with Gasteiger partial charge in [0.15, 0.2) is 0 Å². The van der Waals surface area contributed by atoms with Crippen molar-refractivity contribution in [2.45, 2.75) is 73.5 Å². The van der Waals surface area contributed by atoms with Crippen molar-refractivity contribution in [3.05, 3.63) is 23.0 Å². The van der Waals surface area contributed by atoms with Crippen LogP contribution in [-0.4, -0.2) is 10.6 Å². The summed E-state index contributed by atoms with van der Waals surface area (Å²) in [6, 6.07) is 2.92. The van der Waals surface area contributed by atoms with E-state index in [0.29, 0.717) is 6.04 Å². The number of aryl methyl sites for hydroxylation is 1. The smallest absolute Gasteiger partial charge is 0.0225 e. The van der Waals surface area contributed by atoms with Gasteiger partial charge in [-0.3, -0.25) is 0 Å². The van der Waals surface area contributed by atoms with Gasteiger partial charge in [-0.05, 0) is 51.7 Å². The van der Waals surface area contributed by atoms with Crippen LogP contribution < -0.4 is 5.32 Å². The topological polar surface area (TPSA) is 17.0 Å². The molecule has 2 unspecified atom stereocenters. The van der Waals surface area contributed by atoms with Crippen molar-refractivity contribution in [3.63, 3.8) is 0 Å². The normalized spacial score (nSPS) is 14.8. The Kier molecular flexibility index (Phi) is 5.94. The Morgan fingerprint density at radius 2 is 1.89 bits per heavy atom. The average molecular weight is 250 g/mol. The number of rotatable bonds is 7. The number of nitrogens with one attached hydrogen (secondary N) is 1. The van der Waals surface area contributed by atoms with Crippen molar-refractivity contribution in [3.8, 4) is 0 Å². The summed E-state index contributed by atoms with van der Waals surface area (Å²) in [6.07, 6.45) is 2.54. The van der Waals surface area contributed by atoms with Crippen LogP contribution in [0.15, 0.2) is 6.07 Å².